The fraction of sp³-hybridized carbons (Fsp3) is 0.214. The molecule has 22 heavy (non-hydrogen) atoms. The van der Waals surface area contributed by atoms with Crippen LogP contribution in [0.1, 0.15) is 5.69 Å². The van der Waals surface area contributed by atoms with Gasteiger partial charge in [-0.15, -0.1) is 0 Å². The molecule has 0 spiro atoms. The Labute approximate surface area is 132 Å². The molecule has 1 heterocycles. The first kappa shape index (κ1) is 16.1. The van der Waals surface area contributed by atoms with Crippen LogP contribution < -0.4 is 16.0 Å². The molecule has 116 valence electrons. The standard InChI is InChI=1S/C14H16FN5OS/c1-9-8-12(18-11-4-2-10(15)3-5-11)19-13(17-9)20-14(22)16-6-7-21/h2-5,8,21H,6-7H2,1H3,(H3,16,17,18,19,20,22). The second-order valence-corrected chi connectivity index (χ2v) is 4.86. The molecule has 0 aliphatic rings. The zero-order chi connectivity index (χ0) is 15.9. The Bertz CT molecular complexity index is 650. The van der Waals surface area contributed by atoms with Crippen LogP contribution in [0.2, 0.25) is 0 Å². The summed E-state index contributed by atoms with van der Waals surface area (Å²) in [4.78, 5) is 8.51. The van der Waals surface area contributed by atoms with Crippen molar-refractivity contribution in [2.45, 2.75) is 6.92 Å². The zero-order valence-corrected chi connectivity index (χ0v) is 12.7. The molecule has 4 N–H and O–H groups in total. The molecule has 0 atom stereocenters. The van der Waals surface area contributed by atoms with Gasteiger partial charge in [-0.1, -0.05) is 0 Å². The maximum absolute atomic E-state index is 12.9. The Hall–Kier alpha value is -2.32. The highest BCUT2D eigenvalue weighted by Crippen LogP contribution is 2.17. The topological polar surface area (TPSA) is 82.1 Å². The number of nitrogens with zero attached hydrogens (tertiary/aromatic N) is 2. The first-order chi connectivity index (χ1) is 10.6. The van der Waals surface area contributed by atoms with Crippen molar-refractivity contribution in [3.8, 4) is 0 Å². The van der Waals surface area contributed by atoms with E-state index in [0.29, 0.717) is 29.1 Å². The number of hydrogen-bond acceptors (Lipinski definition) is 5. The molecule has 0 saturated heterocycles. The van der Waals surface area contributed by atoms with Crippen LogP contribution in [0.5, 0.6) is 0 Å². The number of halogens is 1. The van der Waals surface area contributed by atoms with E-state index in [-0.39, 0.29) is 12.4 Å². The van der Waals surface area contributed by atoms with Crippen molar-refractivity contribution in [1.29, 1.82) is 0 Å². The van der Waals surface area contributed by atoms with Crippen LogP contribution in [0.3, 0.4) is 0 Å². The smallest absolute Gasteiger partial charge is 0.231 e. The molecule has 2 rings (SSSR count). The molecule has 0 aliphatic heterocycles. The van der Waals surface area contributed by atoms with Crippen LogP contribution in [-0.2, 0) is 0 Å². The van der Waals surface area contributed by atoms with Gasteiger partial charge in [-0.3, -0.25) is 0 Å². The lowest BCUT2D eigenvalue weighted by molar-refractivity contribution is 0.300. The van der Waals surface area contributed by atoms with E-state index < -0.39 is 0 Å². The molecular formula is C14H16FN5OS. The minimum Gasteiger partial charge on any atom is -0.395 e. The van der Waals surface area contributed by atoms with E-state index in [2.05, 4.69) is 25.9 Å². The first-order valence-electron chi connectivity index (χ1n) is 6.61. The number of aryl methyl sites for hydroxylation is 1. The molecule has 0 aliphatic carbocycles. The summed E-state index contributed by atoms with van der Waals surface area (Å²) in [7, 11) is 0. The number of aromatic nitrogens is 2. The van der Waals surface area contributed by atoms with Gasteiger partial charge in [0.05, 0.1) is 6.61 Å². The van der Waals surface area contributed by atoms with Crippen molar-refractivity contribution in [2.24, 2.45) is 0 Å². The van der Waals surface area contributed by atoms with Crippen molar-refractivity contribution in [1.82, 2.24) is 15.3 Å². The minimum atomic E-state index is -0.299. The molecule has 0 saturated carbocycles. The molecule has 1 aromatic heterocycles. The van der Waals surface area contributed by atoms with Gasteiger partial charge in [0.1, 0.15) is 11.6 Å². The van der Waals surface area contributed by atoms with Crippen LogP contribution in [-0.4, -0.2) is 33.3 Å². The van der Waals surface area contributed by atoms with E-state index in [4.69, 9.17) is 17.3 Å². The number of aliphatic hydroxyl groups excluding tert-OH is 1. The lowest BCUT2D eigenvalue weighted by Gasteiger charge is -2.11. The van der Waals surface area contributed by atoms with Gasteiger partial charge < -0.3 is 21.1 Å². The second kappa shape index (κ2) is 7.62. The van der Waals surface area contributed by atoms with Gasteiger partial charge in [-0.05, 0) is 43.4 Å². The van der Waals surface area contributed by atoms with Gasteiger partial charge in [0, 0.05) is 24.0 Å². The summed E-state index contributed by atoms with van der Waals surface area (Å²) >= 11 is 5.06. The molecule has 0 amide bonds. The second-order valence-electron chi connectivity index (χ2n) is 4.45. The maximum Gasteiger partial charge on any atom is 0.231 e. The Morgan fingerprint density at radius 1 is 1.27 bits per heavy atom. The third-order valence-electron chi connectivity index (χ3n) is 2.59. The van der Waals surface area contributed by atoms with Crippen molar-refractivity contribution >= 4 is 34.8 Å². The highest BCUT2D eigenvalue weighted by Gasteiger charge is 2.05. The van der Waals surface area contributed by atoms with Crippen molar-refractivity contribution in [2.75, 3.05) is 23.8 Å². The summed E-state index contributed by atoms with van der Waals surface area (Å²) in [5, 5.41) is 17.8. The van der Waals surface area contributed by atoms with Gasteiger partial charge in [0.25, 0.3) is 0 Å². The fourth-order valence-electron chi connectivity index (χ4n) is 1.68. The zero-order valence-electron chi connectivity index (χ0n) is 11.9. The van der Waals surface area contributed by atoms with Crippen LogP contribution >= 0.6 is 12.2 Å². The van der Waals surface area contributed by atoms with Crippen LogP contribution in [0.4, 0.5) is 21.8 Å². The molecule has 6 nitrogen and oxygen atoms in total. The predicted molar refractivity (Wildman–Crippen MR) is 87.8 cm³/mol. The minimum absolute atomic E-state index is 0.0200. The monoisotopic (exact) mass is 321 g/mol. The highest BCUT2D eigenvalue weighted by atomic mass is 32.1. The Balaban J connectivity index is 2.09. The highest BCUT2D eigenvalue weighted by molar-refractivity contribution is 7.80. The third kappa shape index (κ3) is 4.90. The average molecular weight is 321 g/mol. The van der Waals surface area contributed by atoms with Crippen molar-refractivity contribution in [3.63, 3.8) is 0 Å². The van der Waals surface area contributed by atoms with Gasteiger partial charge >= 0.3 is 0 Å². The van der Waals surface area contributed by atoms with Crippen LogP contribution in [0.25, 0.3) is 0 Å². The van der Waals surface area contributed by atoms with Crippen molar-refractivity contribution < 1.29 is 9.50 Å². The van der Waals surface area contributed by atoms with E-state index in [1.807, 2.05) is 6.92 Å². The number of aliphatic hydroxyl groups is 1. The summed E-state index contributed by atoms with van der Waals surface area (Å²) in [6, 6.07) is 7.73. The number of benzene rings is 1. The van der Waals surface area contributed by atoms with Crippen molar-refractivity contribution in [3.05, 3.63) is 41.8 Å². The van der Waals surface area contributed by atoms with Crippen LogP contribution in [0, 0.1) is 12.7 Å². The maximum atomic E-state index is 12.9. The summed E-state index contributed by atoms with van der Waals surface area (Å²) in [6.07, 6.45) is 0. The number of anilines is 3. The summed E-state index contributed by atoms with van der Waals surface area (Å²) in [5.41, 5.74) is 1.46. The number of nitrogens with one attached hydrogen (secondary N) is 3. The molecule has 1 aromatic carbocycles. The lowest BCUT2D eigenvalue weighted by Crippen LogP contribution is -2.31. The van der Waals surface area contributed by atoms with E-state index in [9.17, 15) is 4.39 Å². The average Bonchev–Trinajstić information content (AvgIpc) is 2.47. The quantitative estimate of drug-likeness (QED) is 0.627. The molecule has 8 heteroatoms. The number of hydrogen-bond donors (Lipinski definition) is 4. The largest absolute Gasteiger partial charge is 0.395 e. The predicted octanol–water partition coefficient (Wildman–Crippen LogP) is 1.95. The van der Waals surface area contributed by atoms with Gasteiger partial charge in [-0.2, -0.15) is 4.98 Å². The van der Waals surface area contributed by atoms with Gasteiger partial charge in [0.2, 0.25) is 5.95 Å². The molecule has 0 bridgehead atoms. The lowest BCUT2D eigenvalue weighted by atomic mass is 10.3. The van der Waals surface area contributed by atoms with Crippen LogP contribution in [0.15, 0.2) is 30.3 Å². The summed E-state index contributed by atoms with van der Waals surface area (Å²) in [6.45, 7) is 2.15. The molecule has 0 radical (unpaired) electrons. The van der Waals surface area contributed by atoms with Gasteiger partial charge in [-0.25, -0.2) is 9.37 Å². The van der Waals surface area contributed by atoms with E-state index in [1.54, 1.807) is 18.2 Å². The Morgan fingerprint density at radius 3 is 2.68 bits per heavy atom. The third-order valence-corrected chi connectivity index (χ3v) is 2.84. The molecule has 2 aromatic rings. The molecular weight excluding hydrogens is 305 g/mol. The van der Waals surface area contributed by atoms with E-state index >= 15 is 0 Å². The summed E-state index contributed by atoms with van der Waals surface area (Å²) < 4.78 is 12.9. The molecule has 0 unspecified atom stereocenters. The molecule has 0 fully saturated rings. The SMILES string of the molecule is Cc1cc(Nc2ccc(F)cc2)nc(NC(=S)NCCO)n1. The number of thiocarbonyl (C=S) groups is 1. The van der Waals surface area contributed by atoms with Gasteiger partial charge in [0.15, 0.2) is 5.11 Å². The number of rotatable bonds is 5. The normalized spacial score (nSPS) is 10.1. The Morgan fingerprint density at radius 2 is 2.00 bits per heavy atom. The first-order valence-corrected chi connectivity index (χ1v) is 7.01. The fourth-order valence-corrected chi connectivity index (χ4v) is 1.88. The Kier molecular flexibility index (Phi) is 5.56. The summed E-state index contributed by atoms with van der Waals surface area (Å²) in [5.74, 6) is 0.596. The van der Waals surface area contributed by atoms with E-state index in [0.717, 1.165) is 5.69 Å². The van der Waals surface area contributed by atoms with E-state index in [1.165, 1.54) is 12.1 Å².